The molecule has 0 aromatic rings. The Labute approximate surface area is 461 Å². The molecule has 14 nitrogen and oxygen atoms in total. The Bertz CT molecular complexity index is 1410. The van der Waals surface area contributed by atoms with Gasteiger partial charge >= 0.3 is 0 Å². The Morgan fingerprint density at radius 2 is 0.842 bits per heavy atom. The van der Waals surface area contributed by atoms with Crippen molar-refractivity contribution in [3.63, 3.8) is 0 Å². The molecule has 446 valence electrons. The number of aliphatic hydroxyl groups is 8. The Hall–Kier alpha value is -1.79. The van der Waals surface area contributed by atoms with Crippen molar-refractivity contribution in [2.75, 3.05) is 19.8 Å². The molecule has 2 heterocycles. The first-order chi connectivity index (χ1) is 37.1. The van der Waals surface area contributed by atoms with Gasteiger partial charge < -0.3 is 65.1 Å². The van der Waals surface area contributed by atoms with Crippen LogP contribution in [0, 0.1) is 0 Å². The largest absolute Gasteiger partial charge is 0.394 e. The highest BCUT2D eigenvalue weighted by atomic mass is 16.7. The van der Waals surface area contributed by atoms with Gasteiger partial charge in [-0.25, -0.2) is 0 Å². The zero-order chi connectivity index (χ0) is 55.3. The van der Waals surface area contributed by atoms with Crippen LogP contribution in [0.1, 0.15) is 258 Å². The van der Waals surface area contributed by atoms with Crippen LogP contribution in [-0.4, -0.2) is 140 Å². The number of allylic oxidation sites excluding steroid dienone is 5. The molecule has 9 N–H and O–H groups in total. The maximum atomic E-state index is 13.3. The lowest BCUT2D eigenvalue weighted by atomic mass is 9.97. The highest BCUT2D eigenvalue weighted by Gasteiger charge is 2.51. The fourth-order valence-corrected chi connectivity index (χ4v) is 10.2. The number of hydrogen-bond donors (Lipinski definition) is 9. The summed E-state index contributed by atoms with van der Waals surface area (Å²) in [6.45, 7) is 2.80. The molecule has 2 aliphatic rings. The highest BCUT2D eigenvalue weighted by molar-refractivity contribution is 5.76. The van der Waals surface area contributed by atoms with E-state index < -0.39 is 86.8 Å². The molecule has 0 saturated carbocycles. The van der Waals surface area contributed by atoms with Gasteiger partial charge in [-0.1, -0.05) is 230 Å². The van der Waals surface area contributed by atoms with Crippen LogP contribution < -0.4 is 5.32 Å². The number of ether oxygens (including phenoxy) is 4. The lowest BCUT2D eigenvalue weighted by Gasteiger charge is -2.46. The second-order valence-corrected chi connectivity index (χ2v) is 22.2. The monoisotopic (exact) mass is 1080 g/mol. The summed E-state index contributed by atoms with van der Waals surface area (Å²) in [5.41, 5.74) is 0. The van der Waals surface area contributed by atoms with Gasteiger partial charge in [0.2, 0.25) is 5.91 Å². The molecular formula is C62H115NO13. The van der Waals surface area contributed by atoms with E-state index in [1.54, 1.807) is 6.08 Å². The van der Waals surface area contributed by atoms with E-state index in [0.717, 1.165) is 38.5 Å². The molecule has 0 radical (unpaired) electrons. The molecule has 0 bridgehead atoms. The van der Waals surface area contributed by atoms with E-state index >= 15 is 0 Å². The van der Waals surface area contributed by atoms with Crippen molar-refractivity contribution in [3.05, 3.63) is 36.5 Å². The van der Waals surface area contributed by atoms with E-state index in [9.17, 15) is 45.6 Å². The molecule has 2 saturated heterocycles. The minimum atomic E-state index is -1.79. The third-order valence-corrected chi connectivity index (χ3v) is 15.3. The molecule has 12 atom stereocenters. The first-order valence-corrected chi connectivity index (χ1v) is 31.2. The van der Waals surface area contributed by atoms with Crippen molar-refractivity contribution >= 4 is 5.91 Å². The van der Waals surface area contributed by atoms with Gasteiger partial charge in [-0.3, -0.25) is 4.79 Å². The van der Waals surface area contributed by atoms with Crippen LogP contribution >= 0.6 is 0 Å². The van der Waals surface area contributed by atoms with Gasteiger partial charge in [0.1, 0.15) is 48.8 Å². The summed E-state index contributed by atoms with van der Waals surface area (Å²) in [6.07, 6.45) is 41.9. The number of rotatable bonds is 50. The minimum Gasteiger partial charge on any atom is -0.394 e. The van der Waals surface area contributed by atoms with Gasteiger partial charge in [-0.2, -0.15) is 0 Å². The third-order valence-electron chi connectivity index (χ3n) is 15.3. The van der Waals surface area contributed by atoms with Gasteiger partial charge in [-0.05, 0) is 57.8 Å². The maximum absolute atomic E-state index is 13.3. The van der Waals surface area contributed by atoms with Crippen LogP contribution in [0.4, 0.5) is 0 Å². The van der Waals surface area contributed by atoms with Crippen LogP contribution in [0.2, 0.25) is 0 Å². The topological polar surface area (TPSA) is 228 Å². The lowest BCUT2D eigenvalue weighted by Crippen LogP contribution is -2.65. The lowest BCUT2D eigenvalue weighted by molar-refractivity contribution is -0.359. The van der Waals surface area contributed by atoms with E-state index in [2.05, 4.69) is 43.5 Å². The van der Waals surface area contributed by atoms with Crippen molar-refractivity contribution in [1.82, 2.24) is 5.32 Å². The zero-order valence-corrected chi connectivity index (χ0v) is 48.0. The Morgan fingerprint density at radius 3 is 1.29 bits per heavy atom. The molecule has 76 heavy (non-hydrogen) atoms. The number of nitrogens with one attached hydrogen (secondary N) is 1. The van der Waals surface area contributed by atoms with E-state index in [0.29, 0.717) is 12.8 Å². The van der Waals surface area contributed by atoms with Crippen LogP contribution in [-0.2, 0) is 23.7 Å². The number of unbranched alkanes of at least 4 members (excludes halogenated alkanes) is 33. The molecular weight excluding hydrogens is 967 g/mol. The summed E-state index contributed by atoms with van der Waals surface area (Å²) in [4.78, 5) is 13.3. The predicted molar refractivity (Wildman–Crippen MR) is 305 cm³/mol. The van der Waals surface area contributed by atoms with Crippen molar-refractivity contribution in [3.8, 4) is 0 Å². The Kier molecular flexibility index (Phi) is 44.4. The number of carbonyl (C=O) groups is 1. The van der Waals surface area contributed by atoms with Crippen LogP contribution in [0.5, 0.6) is 0 Å². The average Bonchev–Trinajstić information content (AvgIpc) is 3.42. The molecule has 0 aromatic heterocycles. The standard InChI is InChI=1S/C62H115NO13/c1-3-5-7-9-11-13-15-17-19-21-23-24-25-26-27-28-29-31-33-35-37-39-41-43-45-51(66)50(63-54(67)46-44-42-40-38-36-34-32-30-22-20-18-16-14-12-10-8-6-4-2)49-73-61-59(72)57(70)60(53(48-65)75-61)76-62-58(71)56(69)55(68)52(47-64)74-62/h20,22,35,37,43,45,50-53,55-62,64-66,68-72H,3-19,21,23-34,36,38-42,44,46-49H2,1-2H3,(H,63,67)/b22-20-,37-35+,45-43+. The SMILES string of the molecule is CCCCCCCCC/C=C\CCCCCCCCCC(=O)NC(COC1OC(CO)C(OC2OC(CO)C(O)C(O)C2O)C(O)C1O)C(O)/C=C/CC/C=C/CCCCCCCCCCCCCCCCCCCC. The van der Waals surface area contributed by atoms with Crippen LogP contribution in [0.3, 0.4) is 0 Å². The number of carbonyl (C=O) groups excluding carboxylic acids is 1. The molecule has 14 heteroatoms. The first kappa shape index (κ1) is 70.3. The van der Waals surface area contributed by atoms with Crippen molar-refractivity contribution in [2.45, 2.75) is 331 Å². The maximum Gasteiger partial charge on any atom is 0.220 e. The third kappa shape index (κ3) is 33.1. The predicted octanol–water partition coefficient (Wildman–Crippen LogP) is 11.0. The fraction of sp³-hybridized carbons (Fsp3) is 0.887. The summed E-state index contributed by atoms with van der Waals surface area (Å²) in [5, 5.41) is 87.1. The van der Waals surface area contributed by atoms with Gasteiger partial charge in [-0.15, -0.1) is 0 Å². The Morgan fingerprint density at radius 1 is 0.461 bits per heavy atom. The molecule has 2 rings (SSSR count). The van der Waals surface area contributed by atoms with Crippen molar-refractivity contribution in [2.24, 2.45) is 0 Å². The molecule has 0 aliphatic carbocycles. The fourth-order valence-electron chi connectivity index (χ4n) is 10.2. The highest BCUT2D eigenvalue weighted by Crippen LogP contribution is 2.30. The van der Waals surface area contributed by atoms with Gasteiger partial charge in [0.25, 0.3) is 0 Å². The molecule has 1 amide bonds. The molecule has 0 aromatic carbocycles. The zero-order valence-electron chi connectivity index (χ0n) is 48.0. The molecule has 0 spiro atoms. The van der Waals surface area contributed by atoms with Gasteiger partial charge in [0.15, 0.2) is 12.6 Å². The number of hydrogen-bond acceptors (Lipinski definition) is 13. The summed E-state index contributed by atoms with van der Waals surface area (Å²) in [5.74, 6) is -0.252. The smallest absolute Gasteiger partial charge is 0.220 e. The van der Waals surface area contributed by atoms with Gasteiger partial charge in [0, 0.05) is 6.42 Å². The Balaban J connectivity index is 1.76. The van der Waals surface area contributed by atoms with Crippen LogP contribution in [0.15, 0.2) is 36.5 Å². The quantitative estimate of drug-likeness (QED) is 0.0204. The van der Waals surface area contributed by atoms with Crippen molar-refractivity contribution < 1.29 is 64.6 Å². The number of amides is 1. The second kappa shape index (κ2) is 48.0. The van der Waals surface area contributed by atoms with E-state index in [1.165, 1.54) is 186 Å². The summed E-state index contributed by atoms with van der Waals surface area (Å²) in [6, 6.07) is -0.933. The average molecular weight is 1080 g/mol. The number of aliphatic hydroxyl groups excluding tert-OH is 8. The van der Waals surface area contributed by atoms with Crippen LogP contribution in [0.25, 0.3) is 0 Å². The molecule has 12 unspecified atom stereocenters. The molecule has 2 fully saturated rings. The summed E-state index contributed by atoms with van der Waals surface area (Å²) < 4.78 is 22.8. The normalized spacial score (nSPS) is 25.1. The first-order valence-electron chi connectivity index (χ1n) is 31.2. The summed E-state index contributed by atoms with van der Waals surface area (Å²) >= 11 is 0. The van der Waals surface area contributed by atoms with E-state index in [1.807, 2.05) is 6.08 Å². The van der Waals surface area contributed by atoms with E-state index in [-0.39, 0.29) is 18.9 Å². The second-order valence-electron chi connectivity index (χ2n) is 22.2. The minimum absolute atomic E-state index is 0.252. The van der Waals surface area contributed by atoms with E-state index in [4.69, 9.17) is 18.9 Å². The summed E-state index contributed by atoms with van der Waals surface area (Å²) in [7, 11) is 0. The van der Waals surface area contributed by atoms with Gasteiger partial charge in [0.05, 0.1) is 32.0 Å². The van der Waals surface area contributed by atoms with Crippen molar-refractivity contribution in [1.29, 1.82) is 0 Å². The molecule has 2 aliphatic heterocycles.